The number of nitrogens with zero attached hydrogens (tertiary/aromatic N) is 1. The summed E-state index contributed by atoms with van der Waals surface area (Å²) >= 11 is 0. The number of rotatable bonds is 4. The molecule has 0 aliphatic carbocycles. The first-order valence-electron chi connectivity index (χ1n) is 11.5. The number of aromatic nitrogens is 1. The zero-order valence-electron chi connectivity index (χ0n) is 19.4. The van der Waals surface area contributed by atoms with E-state index in [-0.39, 0.29) is 11.7 Å². The van der Waals surface area contributed by atoms with Crippen LogP contribution in [0.15, 0.2) is 97.1 Å². The Morgan fingerprint density at radius 2 is 1.57 bits per heavy atom. The molecular weight excluding hydrogens is 436 g/mol. The molecule has 5 aromatic rings. The van der Waals surface area contributed by atoms with Gasteiger partial charge in [0.05, 0.1) is 11.3 Å². The van der Waals surface area contributed by atoms with Crippen molar-refractivity contribution in [2.45, 2.75) is 5.60 Å². The maximum absolute atomic E-state index is 13.5. The van der Waals surface area contributed by atoms with Crippen molar-refractivity contribution in [1.29, 1.82) is 0 Å². The standard InChI is InChI=1S/C30H24N2O3/c1-32(2)21-14-17-25-24(18-21)29(34)35-30(25,20-12-15-22(33)16-13-20)27-23-10-6-7-11-26(23)31-28(27)19-8-4-3-5-9-19/h3-18,31,33H,1-2H3. The molecule has 172 valence electrons. The van der Waals surface area contributed by atoms with Crippen molar-refractivity contribution < 1.29 is 14.6 Å². The number of aromatic amines is 1. The van der Waals surface area contributed by atoms with Gasteiger partial charge in [-0.3, -0.25) is 0 Å². The summed E-state index contributed by atoms with van der Waals surface area (Å²) in [6.07, 6.45) is 0. The Morgan fingerprint density at radius 3 is 2.31 bits per heavy atom. The summed E-state index contributed by atoms with van der Waals surface area (Å²) in [5.74, 6) is -0.223. The minimum Gasteiger partial charge on any atom is -0.508 e. The number of carbonyl (C=O) groups is 1. The fraction of sp³-hybridized carbons (Fsp3) is 0.100. The fourth-order valence-corrected chi connectivity index (χ4v) is 5.10. The van der Waals surface area contributed by atoms with E-state index in [0.717, 1.165) is 44.5 Å². The summed E-state index contributed by atoms with van der Waals surface area (Å²) in [4.78, 5) is 19.0. The SMILES string of the molecule is CN(C)c1ccc2c(c1)C(=O)OC2(c1ccc(O)cc1)c1c(-c2ccccc2)[nH]c2ccccc12. The monoisotopic (exact) mass is 460 g/mol. The summed E-state index contributed by atoms with van der Waals surface area (Å²) < 4.78 is 6.44. The van der Waals surface area contributed by atoms with E-state index in [1.54, 1.807) is 12.1 Å². The predicted molar refractivity (Wildman–Crippen MR) is 138 cm³/mol. The second-order valence-corrected chi connectivity index (χ2v) is 9.03. The number of para-hydroxylation sites is 1. The molecule has 0 spiro atoms. The van der Waals surface area contributed by atoms with Crippen molar-refractivity contribution in [3.63, 3.8) is 0 Å². The molecule has 1 unspecified atom stereocenters. The quantitative estimate of drug-likeness (QED) is 0.320. The Balaban J connectivity index is 1.75. The van der Waals surface area contributed by atoms with Gasteiger partial charge >= 0.3 is 5.97 Å². The normalized spacial score (nSPS) is 16.8. The van der Waals surface area contributed by atoms with Crippen LogP contribution in [-0.4, -0.2) is 30.2 Å². The first-order chi connectivity index (χ1) is 17.0. The van der Waals surface area contributed by atoms with E-state index in [4.69, 9.17) is 4.74 Å². The van der Waals surface area contributed by atoms with Gasteiger partial charge in [0.25, 0.3) is 0 Å². The Bertz CT molecular complexity index is 1570. The van der Waals surface area contributed by atoms with E-state index in [2.05, 4.69) is 11.1 Å². The van der Waals surface area contributed by atoms with Crippen LogP contribution in [0.1, 0.15) is 27.0 Å². The van der Waals surface area contributed by atoms with Crippen molar-refractivity contribution in [3.05, 3.63) is 119 Å². The van der Waals surface area contributed by atoms with Crippen molar-refractivity contribution in [1.82, 2.24) is 4.98 Å². The number of carbonyl (C=O) groups excluding carboxylic acids is 1. The number of aromatic hydroxyl groups is 1. The Labute approximate surface area is 203 Å². The molecule has 1 aliphatic heterocycles. The lowest BCUT2D eigenvalue weighted by Crippen LogP contribution is -2.30. The number of fused-ring (bicyclic) bond motifs is 2. The molecule has 6 rings (SSSR count). The highest BCUT2D eigenvalue weighted by molar-refractivity contribution is 6.01. The fourth-order valence-electron chi connectivity index (χ4n) is 5.10. The van der Waals surface area contributed by atoms with Gasteiger partial charge in [-0.05, 0) is 35.9 Å². The molecule has 0 amide bonds. The molecule has 5 nitrogen and oxygen atoms in total. The van der Waals surface area contributed by atoms with Crippen LogP contribution in [0.4, 0.5) is 5.69 Å². The maximum atomic E-state index is 13.5. The van der Waals surface area contributed by atoms with E-state index >= 15 is 0 Å². The number of cyclic esters (lactones) is 1. The van der Waals surface area contributed by atoms with Crippen LogP contribution >= 0.6 is 0 Å². The number of hydrogen-bond donors (Lipinski definition) is 2. The number of anilines is 1. The van der Waals surface area contributed by atoms with E-state index in [0.29, 0.717) is 5.56 Å². The van der Waals surface area contributed by atoms with Crippen molar-refractivity contribution >= 4 is 22.6 Å². The molecule has 4 aromatic carbocycles. The molecular formula is C30H24N2O3. The van der Waals surface area contributed by atoms with Gasteiger partial charge in [-0.1, -0.05) is 66.7 Å². The number of phenols is 1. The van der Waals surface area contributed by atoms with Gasteiger partial charge in [0.2, 0.25) is 0 Å². The number of H-pyrrole nitrogens is 1. The van der Waals surface area contributed by atoms with Crippen molar-refractivity contribution in [2.24, 2.45) is 0 Å². The summed E-state index contributed by atoms with van der Waals surface area (Å²) in [7, 11) is 3.89. The smallest absolute Gasteiger partial charge is 0.340 e. The number of benzene rings is 4. The lowest BCUT2D eigenvalue weighted by molar-refractivity contribution is 0.0257. The first-order valence-corrected chi connectivity index (χ1v) is 11.5. The van der Waals surface area contributed by atoms with E-state index in [9.17, 15) is 9.90 Å². The second-order valence-electron chi connectivity index (χ2n) is 9.03. The van der Waals surface area contributed by atoms with Crippen LogP contribution in [0.3, 0.4) is 0 Å². The molecule has 5 heteroatoms. The molecule has 0 bridgehead atoms. The lowest BCUT2D eigenvalue weighted by Gasteiger charge is -2.31. The summed E-state index contributed by atoms with van der Waals surface area (Å²) in [5, 5.41) is 11.0. The van der Waals surface area contributed by atoms with Crippen molar-refractivity contribution in [2.75, 3.05) is 19.0 Å². The Kier molecular flexibility index (Phi) is 4.68. The molecule has 1 aliphatic rings. The highest BCUT2D eigenvalue weighted by Gasteiger charge is 2.51. The van der Waals surface area contributed by atoms with E-state index in [1.165, 1.54) is 0 Å². The minimum atomic E-state index is -1.20. The van der Waals surface area contributed by atoms with Crippen LogP contribution in [0.25, 0.3) is 22.2 Å². The van der Waals surface area contributed by atoms with Gasteiger partial charge in [-0.15, -0.1) is 0 Å². The minimum absolute atomic E-state index is 0.151. The third kappa shape index (κ3) is 3.12. The molecule has 0 radical (unpaired) electrons. The number of hydrogen-bond acceptors (Lipinski definition) is 4. The van der Waals surface area contributed by atoms with Gasteiger partial charge in [-0.25, -0.2) is 4.79 Å². The lowest BCUT2D eigenvalue weighted by atomic mass is 9.77. The Morgan fingerprint density at radius 1 is 0.857 bits per heavy atom. The molecule has 0 saturated heterocycles. The highest BCUT2D eigenvalue weighted by atomic mass is 16.6. The van der Waals surface area contributed by atoms with Crippen LogP contribution in [-0.2, 0) is 10.3 Å². The molecule has 0 fully saturated rings. The number of ether oxygens (including phenoxy) is 1. The third-order valence-electron chi connectivity index (χ3n) is 6.76. The van der Waals surface area contributed by atoms with Crippen LogP contribution in [0.2, 0.25) is 0 Å². The number of phenolic OH excluding ortho intramolecular Hbond substituents is 1. The van der Waals surface area contributed by atoms with Gasteiger partial charge in [0.15, 0.2) is 5.60 Å². The zero-order valence-corrected chi connectivity index (χ0v) is 19.4. The molecule has 1 aromatic heterocycles. The highest BCUT2D eigenvalue weighted by Crippen LogP contribution is 2.52. The molecule has 2 N–H and O–H groups in total. The van der Waals surface area contributed by atoms with Crippen LogP contribution < -0.4 is 4.90 Å². The maximum Gasteiger partial charge on any atom is 0.340 e. The average molecular weight is 461 g/mol. The van der Waals surface area contributed by atoms with Gasteiger partial charge in [-0.2, -0.15) is 0 Å². The van der Waals surface area contributed by atoms with Crippen LogP contribution in [0.5, 0.6) is 5.75 Å². The number of esters is 1. The molecule has 1 atom stereocenters. The zero-order chi connectivity index (χ0) is 24.2. The van der Waals surface area contributed by atoms with E-state index in [1.807, 2.05) is 97.9 Å². The molecule has 35 heavy (non-hydrogen) atoms. The predicted octanol–water partition coefficient (Wildman–Crippen LogP) is 6.07. The summed E-state index contributed by atoms with van der Waals surface area (Å²) in [5.41, 5.74) is 5.50. The van der Waals surface area contributed by atoms with E-state index < -0.39 is 5.60 Å². The summed E-state index contributed by atoms with van der Waals surface area (Å²) in [6, 6.07) is 30.9. The molecule has 2 heterocycles. The molecule has 0 saturated carbocycles. The second kappa shape index (κ2) is 7.77. The first kappa shape index (κ1) is 21.1. The largest absolute Gasteiger partial charge is 0.508 e. The average Bonchev–Trinajstić information content (AvgIpc) is 3.41. The van der Waals surface area contributed by atoms with Gasteiger partial charge < -0.3 is 19.7 Å². The summed E-state index contributed by atoms with van der Waals surface area (Å²) in [6.45, 7) is 0. The van der Waals surface area contributed by atoms with Gasteiger partial charge in [0, 0.05) is 47.4 Å². The topological polar surface area (TPSA) is 65.6 Å². The Hall–Kier alpha value is -4.51. The van der Waals surface area contributed by atoms with Gasteiger partial charge in [0.1, 0.15) is 5.75 Å². The third-order valence-corrected chi connectivity index (χ3v) is 6.76. The number of nitrogens with one attached hydrogen (secondary N) is 1. The van der Waals surface area contributed by atoms with Crippen LogP contribution in [0, 0.1) is 0 Å². The van der Waals surface area contributed by atoms with Crippen molar-refractivity contribution in [3.8, 4) is 17.0 Å².